The molecule has 156 valence electrons. The minimum absolute atomic E-state index is 0.106. The summed E-state index contributed by atoms with van der Waals surface area (Å²) in [6.45, 7) is 0.358. The smallest absolute Gasteiger partial charge is 0.295 e. The van der Waals surface area contributed by atoms with E-state index in [0.29, 0.717) is 24.3 Å². The normalized spacial score (nSPS) is 17.7. The summed E-state index contributed by atoms with van der Waals surface area (Å²) in [5, 5.41) is 11.0. The molecule has 1 saturated heterocycles. The molecular weight excluding hydrogens is 390 g/mol. The SMILES string of the molecule is COc1ccc(C2/C(=C(\O)c3ccccc3)C(=O)C(=O)N2CCc2ccccc2)cc1. The second-order valence-corrected chi connectivity index (χ2v) is 7.37. The molecule has 1 unspecified atom stereocenters. The van der Waals surface area contributed by atoms with E-state index in [1.165, 1.54) is 0 Å². The Bertz CT molecular complexity index is 1110. The van der Waals surface area contributed by atoms with Gasteiger partial charge in [-0.2, -0.15) is 0 Å². The van der Waals surface area contributed by atoms with Gasteiger partial charge in [-0.25, -0.2) is 0 Å². The maximum absolute atomic E-state index is 13.0. The third-order valence-electron chi connectivity index (χ3n) is 5.50. The van der Waals surface area contributed by atoms with E-state index in [0.717, 1.165) is 11.1 Å². The van der Waals surface area contributed by atoms with Gasteiger partial charge in [0.1, 0.15) is 11.5 Å². The number of aliphatic hydroxyl groups excluding tert-OH is 1. The second kappa shape index (κ2) is 8.88. The van der Waals surface area contributed by atoms with Crippen molar-refractivity contribution in [2.75, 3.05) is 13.7 Å². The number of hydrogen-bond acceptors (Lipinski definition) is 4. The summed E-state index contributed by atoms with van der Waals surface area (Å²) in [6.07, 6.45) is 0.603. The molecule has 1 aliphatic rings. The number of benzene rings is 3. The van der Waals surface area contributed by atoms with Crippen LogP contribution >= 0.6 is 0 Å². The lowest BCUT2D eigenvalue weighted by Crippen LogP contribution is -2.31. The maximum Gasteiger partial charge on any atom is 0.295 e. The molecule has 1 aliphatic heterocycles. The monoisotopic (exact) mass is 413 g/mol. The van der Waals surface area contributed by atoms with Gasteiger partial charge >= 0.3 is 0 Å². The van der Waals surface area contributed by atoms with Crippen LogP contribution in [0.25, 0.3) is 5.76 Å². The highest BCUT2D eigenvalue weighted by atomic mass is 16.5. The summed E-state index contributed by atoms with van der Waals surface area (Å²) < 4.78 is 5.24. The molecular formula is C26H23NO4. The molecule has 3 aromatic carbocycles. The fraction of sp³-hybridized carbons (Fsp3) is 0.154. The Balaban J connectivity index is 1.77. The Morgan fingerprint density at radius 2 is 1.52 bits per heavy atom. The number of Topliss-reactive ketones (excluding diaryl/α,β-unsaturated/α-hetero) is 1. The molecule has 1 N–H and O–H groups in total. The molecule has 1 fully saturated rings. The highest BCUT2D eigenvalue weighted by Gasteiger charge is 2.45. The van der Waals surface area contributed by atoms with E-state index < -0.39 is 17.7 Å². The first-order valence-electron chi connectivity index (χ1n) is 10.1. The van der Waals surface area contributed by atoms with Gasteiger partial charge < -0.3 is 14.7 Å². The van der Waals surface area contributed by atoms with Crippen LogP contribution in [0.1, 0.15) is 22.7 Å². The molecule has 1 atom stereocenters. The molecule has 1 heterocycles. The van der Waals surface area contributed by atoms with Gasteiger partial charge in [0.25, 0.3) is 11.7 Å². The molecule has 0 aliphatic carbocycles. The van der Waals surface area contributed by atoms with Gasteiger partial charge in [0.05, 0.1) is 18.7 Å². The van der Waals surface area contributed by atoms with E-state index in [4.69, 9.17) is 4.74 Å². The number of likely N-dealkylation sites (tertiary alicyclic amines) is 1. The summed E-state index contributed by atoms with van der Waals surface area (Å²) in [4.78, 5) is 27.5. The van der Waals surface area contributed by atoms with Crippen molar-refractivity contribution in [1.29, 1.82) is 0 Å². The molecule has 0 saturated carbocycles. The average Bonchev–Trinajstić information content (AvgIpc) is 3.08. The minimum Gasteiger partial charge on any atom is -0.507 e. The molecule has 0 aromatic heterocycles. The van der Waals surface area contributed by atoms with Crippen LogP contribution in [-0.4, -0.2) is 35.4 Å². The topological polar surface area (TPSA) is 66.8 Å². The van der Waals surface area contributed by atoms with Crippen molar-refractivity contribution in [3.63, 3.8) is 0 Å². The standard InChI is InChI=1S/C26H23NO4/c1-31-21-14-12-19(13-15-21)23-22(24(28)20-10-6-3-7-11-20)25(29)26(30)27(23)17-16-18-8-4-2-5-9-18/h2-15,23,28H,16-17H2,1H3/b24-22+. The number of ether oxygens (including phenoxy) is 1. The Hall–Kier alpha value is -3.86. The number of carbonyl (C=O) groups is 2. The van der Waals surface area contributed by atoms with E-state index in [-0.39, 0.29) is 11.3 Å². The van der Waals surface area contributed by atoms with Crippen LogP contribution < -0.4 is 4.74 Å². The first kappa shape index (κ1) is 20.4. The first-order valence-corrected chi connectivity index (χ1v) is 10.1. The Labute approximate surface area is 181 Å². The Morgan fingerprint density at radius 3 is 2.13 bits per heavy atom. The number of aliphatic hydroxyl groups is 1. The van der Waals surface area contributed by atoms with E-state index in [2.05, 4.69) is 0 Å². The lowest BCUT2D eigenvalue weighted by Gasteiger charge is -2.25. The van der Waals surface area contributed by atoms with Crippen molar-refractivity contribution < 1.29 is 19.4 Å². The van der Waals surface area contributed by atoms with Crippen molar-refractivity contribution in [2.24, 2.45) is 0 Å². The molecule has 0 bridgehead atoms. The molecule has 0 radical (unpaired) electrons. The fourth-order valence-corrected chi connectivity index (χ4v) is 3.89. The second-order valence-electron chi connectivity index (χ2n) is 7.37. The van der Waals surface area contributed by atoms with Crippen molar-refractivity contribution in [1.82, 2.24) is 4.90 Å². The highest BCUT2D eigenvalue weighted by molar-refractivity contribution is 6.46. The Kier molecular flexibility index (Phi) is 5.85. The molecule has 0 spiro atoms. The third kappa shape index (κ3) is 4.08. The number of amides is 1. The van der Waals surface area contributed by atoms with Crippen LogP contribution in [-0.2, 0) is 16.0 Å². The summed E-state index contributed by atoms with van der Waals surface area (Å²) >= 11 is 0. The van der Waals surface area contributed by atoms with E-state index >= 15 is 0 Å². The van der Waals surface area contributed by atoms with Crippen molar-refractivity contribution in [2.45, 2.75) is 12.5 Å². The van der Waals surface area contributed by atoms with Gasteiger partial charge in [0.15, 0.2) is 0 Å². The van der Waals surface area contributed by atoms with E-state index in [1.54, 1.807) is 48.4 Å². The zero-order valence-electron chi connectivity index (χ0n) is 17.2. The number of carbonyl (C=O) groups excluding carboxylic acids is 2. The van der Waals surface area contributed by atoms with E-state index in [1.807, 2.05) is 48.5 Å². The molecule has 5 heteroatoms. The van der Waals surface area contributed by atoms with Crippen LogP contribution in [0.2, 0.25) is 0 Å². The van der Waals surface area contributed by atoms with Crippen LogP contribution in [0.3, 0.4) is 0 Å². The van der Waals surface area contributed by atoms with Gasteiger partial charge in [-0.3, -0.25) is 9.59 Å². The van der Waals surface area contributed by atoms with Crippen LogP contribution in [0.15, 0.2) is 90.5 Å². The van der Waals surface area contributed by atoms with Gasteiger partial charge in [0.2, 0.25) is 0 Å². The first-order chi connectivity index (χ1) is 15.1. The van der Waals surface area contributed by atoms with Crippen LogP contribution in [0.5, 0.6) is 5.75 Å². The average molecular weight is 413 g/mol. The molecule has 31 heavy (non-hydrogen) atoms. The number of ketones is 1. The Morgan fingerprint density at radius 1 is 0.903 bits per heavy atom. The maximum atomic E-state index is 13.0. The lowest BCUT2D eigenvalue weighted by molar-refractivity contribution is -0.139. The number of methoxy groups -OCH3 is 1. The number of hydrogen-bond donors (Lipinski definition) is 1. The lowest BCUT2D eigenvalue weighted by atomic mass is 9.95. The van der Waals surface area contributed by atoms with Crippen molar-refractivity contribution in [3.8, 4) is 5.75 Å². The molecule has 4 rings (SSSR count). The molecule has 5 nitrogen and oxygen atoms in total. The van der Waals surface area contributed by atoms with Gasteiger partial charge in [-0.1, -0.05) is 72.8 Å². The van der Waals surface area contributed by atoms with Gasteiger partial charge in [0, 0.05) is 12.1 Å². The predicted molar refractivity (Wildman–Crippen MR) is 119 cm³/mol. The van der Waals surface area contributed by atoms with Gasteiger partial charge in [-0.05, 0) is 29.7 Å². The predicted octanol–water partition coefficient (Wildman–Crippen LogP) is 4.36. The third-order valence-corrected chi connectivity index (χ3v) is 5.50. The minimum atomic E-state index is -0.671. The summed E-state index contributed by atoms with van der Waals surface area (Å²) in [5.41, 5.74) is 2.42. The van der Waals surface area contributed by atoms with Crippen LogP contribution in [0, 0.1) is 0 Å². The zero-order valence-corrected chi connectivity index (χ0v) is 17.2. The summed E-state index contributed by atoms with van der Waals surface area (Å²) in [7, 11) is 1.58. The van der Waals surface area contributed by atoms with Gasteiger partial charge in [-0.15, -0.1) is 0 Å². The zero-order chi connectivity index (χ0) is 21.8. The fourth-order valence-electron chi connectivity index (χ4n) is 3.89. The summed E-state index contributed by atoms with van der Waals surface area (Å²) in [5.74, 6) is -0.764. The molecule has 1 amide bonds. The largest absolute Gasteiger partial charge is 0.507 e. The van der Waals surface area contributed by atoms with Crippen molar-refractivity contribution >= 4 is 17.4 Å². The summed E-state index contributed by atoms with van der Waals surface area (Å²) in [6, 6.07) is 25.2. The molecule has 3 aromatic rings. The van der Waals surface area contributed by atoms with E-state index in [9.17, 15) is 14.7 Å². The van der Waals surface area contributed by atoms with Crippen LogP contribution in [0.4, 0.5) is 0 Å². The number of nitrogens with zero attached hydrogens (tertiary/aromatic N) is 1. The quantitative estimate of drug-likeness (QED) is 0.370. The number of rotatable bonds is 6. The highest BCUT2D eigenvalue weighted by Crippen LogP contribution is 2.39. The van der Waals surface area contributed by atoms with Crippen molar-refractivity contribution in [3.05, 3.63) is 107 Å².